The lowest BCUT2D eigenvalue weighted by Gasteiger charge is -2.29. The average Bonchev–Trinajstić information content (AvgIpc) is 2.89. The molecule has 9 heteroatoms. The van der Waals surface area contributed by atoms with Crippen LogP contribution in [-0.4, -0.2) is 75.5 Å². The molecule has 3 rings (SSSR count). The fraction of sp³-hybridized carbons (Fsp3) is 0.562. The number of hydrogen-bond acceptors (Lipinski definition) is 5. The zero-order valence-corrected chi connectivity index (χ0v) is 14.7. The number of carbonyl (C=O) groups is 1. The summed E-state index contributed by atoms with van der Waals surface area (Å²) >= 11 is 0. The van der Waals surface area contributed by atoms with E-state index in [1.54, 1.807) is 4.90 Å². The van der Waals surface area contributed by atoms with Crippen LogP contribution >= 0.6 is 0 Å². The Kier molecular flexibility index (Phi) is 5.67. The Labute approximate surface area is 146 Å². The molecule has 0 aromatic heterocycles. The molecular weight excluding hydrogens is 349 g/mol. The molecular formula is C16H22FN3O4S. The number of nitrogens with zero attached hydrogens (tertiary/aromatic N) is 2. The SMILES string of the molecule is O=C(C1CNCCO1)N1CCCN(S(=O)(=O)c2ccc(F)cc2)CC1. The number of rotatable bonds is 3. The van der Waals surface area contributed by atoms with E-state index in [-0.39, 0.29) is 17.3 Å². The summed E-state index contributed by atoms with van der Waals surface area (Å²) < 4.78 is 45.3. The van der Waals surface area contributed by atoms with Crippen LogP contribution in [0.4, 0.5) is 4.39 Å². The summed E-state index contributed by atoms with van der Waals surface area (Å²) in [6, 6.07) is 4.79. The van der Waals surface area contributed by atoms with Gasteiger partial charge in [-0.25, -0.2) is 12.8 Å². The summed E-state index contributed by atoms with van der Waals surface area (Å²) in [7, 11) is -3.69. The summed E-state index contributed by atoms with van der Waals surface area (Å²) in [6.07, 6.45) is 0.0424. The van der Waals surface area contributed by atoms with E-state index in [2.05, 4.69) is 5.32 Å². The molecule has 0 saturated carbocycles. The lowest BCUT2D eigenvalue weighted by Crippen LogP contribution is -2.50. The van der Waals surface area contributed by atoms with Gasteiger partial charge in [0.15, 0.2) is 0 Å². The van der Waals surface area contributed by atoms with Gasteiger partial charge in [-0.05, 0) is 30.7 Å². The predicted molar refractivity (Wildman–Crippen MR) is 89.0 cm³/mol. The molecule has 0 spiro atoms. The summed E-state index contributed by atoms with van der Waals surface area (Å²) in [4.78, 5) is 14.2. The zero-order valence-electron chi connectivity index (χ0n) is 13.9. The van der Waals surface area contributed by atoms with Gasteiger partial charge in [0.2, 0.25) is 10.0 Å². The van der Waals surface area contributed by atoms with Gasteiger partial charge in [-0.15, -0.1) is 0 Å². The Bertz CT molecular complexity index is 705. The Morgan fingerprint density at radius 1 is 1.16 bits per heavy atom. The van der Waals surface area contributed by atoms with Crippen LogP contribution in [0.1, 0.15) is 6.42 Å². The quantitative estimate of drug-likeness (QED) is 0.812. The third kappa shape index (κ3) is 4.17. The second-order valence-electron chi connectivity index (χ2n) is 6.10. The van der Waals surface area contributed by atoms with Crippen LogP contribution < -0.4 is 5.32 Å². The highest BCUT2D eigenvalue weighted by molar-refractivity contribution is 7.89. The number of halogens is 1. The Hall–Kier alpha value is -1.55. The average molecular weight is 371 g/mol. The van der Waals surface area contributed by atoms with Gasteiger partial charge >= 0.3 is 0 Å². The fourth-order valence-corrected chi connectivity index (χ4v) is 4.51. The summed E-state index contributed by atoms with van der Waals surface area (Å²) in [5.41, 5.74) is 0. The van der Waals surface area contributed by atoms with Crippen molar-refractivity contribution in [2.45, 2.75) is 17.4 Å². The molecule has 2 heterocycles. The smallest absolute Gasteiger partial charge is 0.253 e. The second kappa shape index (κ2) is 7.77. The molecule has 2 aliphatic heterocycles. The largest absolute Gasteiger partial charge is 0.366 e. The van der Waals surface area contributed by atoms with Crippen LogP contribution in [0, 0.1) is 5.82 Å². The van der Waals surface area contributed by atoms with E-state index in [0.717, 1.165) is 18.7 Å². The van der Waals surface area contributed by atoms with Gasteiger partial charge in [0, 0.05) is 39.3 Å². The molecule has 0 radical (unpaired) electrons. The summed E-state index contributed by atoms with van der Waals surface area (Å²) in [5.74, 6) is -0.582. The van der Waals surface area contributed by atoms with Crippen molar-refractivity contribution in [2.24, 2.45) is 0 Å². The van der Waals surface area contributed by atoms with Gasteiger partial charge in [-0.3, -0.25) is 4.79 Å². The predicted octanol–water partition coefficient (Wildman–Crippen LogP) is 0.0371. The molecule has 2 fully saturated rings. The minimum absolute atomic E-state index is 0.0634. The normalized spacial score (nSPS) is 23.2. The van der Waals surface area contributed by atoms with Crippen LogP contribution in [0.3, 0.4) is 0 Å². The van der Waals surface area contributed by atoms with Gasteiger partial charge in [-0.2, -0.15) is 4.31 Å². The number of morpholine rings is 1. The van der Waals surface area contributed by atoms with E-state index in [0.29, 0.717) is 39.2 Å². The lowest BCUT2D eigenvalue weighted by molar-refractivity contribution is -0.145. The van der Waals surface area contributed by atoms with E-state index in [4.69, 9.17) is 4.74 Å². The molecule has 2 aliphatic rings. The van der Waals surface area contributed by atoms with Gasteiger partial charge in [0.25, 0.3) is 5.91 Å². The maximum absolute atomic E-state index is 13.0. The van der Waals surface area contributed by atoms with E-state index in [1.165, 1.54) is 16.4 Å². The standard InChI is InChI=1S/C16H22FN3O4S/c17-13-2-4-14(5-3-13)25(22,23)20-8-1-7-19(9-10-20)16(21)15-12-18-6-11-24-15/h2-5,15,18H,1,6-12H2. The first kappa shape index (κ1) is 18.2. The first-order valence-electron chi connectivity index (χ1n) is 8.35. The number of hydrogen-bond donors (Lipinski definition) is 1. The van der Waals surface area contributed by atoms with E-state index >= 15 is 0 Å². The summed E-state index contributed by atoms with van der Waals surface area (Å²) in [5, 5.41) is 3.12. The van der Waals surface area contributed by atoms with Crippen molar-refractivity contribution in [2.75, 3.05) is 45.9 Å². The van der Waals surface area contributed by atoms with Gasteiger partial charge in [-0.1, -0.05) is 0 Å². The molecule has 1 atom stereocenters. The van der Waals surface area contributed by atoms with Gasteiger partial charge in [0.1, 0.15) is 11.9 Å². The van der Waals surface area contributed by atoms with E-state index < -0.39 is 21.9 Å². The second-order valence-corrected chi connectivity index (χ2v) is 8.04. The molecule has 1 unspecified atom stereocenters. The lowest BCUT2D eigenvalue weighted by atomic mass is 10.2. The Morgan fingerprint density at radius 2 is 1.92 bits per heavy atom. The molecule has 1 amide bonds. The number of benzene rings is 1. The van der Waals surface area contributed by atoms with Crippen molar-refractivity contribution >= 4 is 15.9 Å². The number of nitrogens with one attached hydrogen (secondary N) is 1. The highest BCUT2D eigenvalue weighted by Crippen LogP contribution is 2.18. The van der Waals surface area contributed by atoms with Crippen molar-refractivity contribution in [3.05, 3.63) is 30.1 Å². The Morgan fingerprint density at radius 3 is 2.60 bits per heavy atom. The Balaban J connectivity index is 1.66. The maximum atomic E-state index is 13.0. The molecule has 0 bridgehead atoms. The first-order valence-corrected chi connectivity index (χ1v) is 9.79. The minimum Gasteiger partial charge on any atom is -0.366 e. The molecule has 1 N–H and O–H groups in total. The number of sulfonamides is 1. The maximum Gasteiger partial charge on any atom is 0.253 e. The number of ether oxygens (including phenoxy) is 1. The molecule has 0 aliphatic carbocycles. The van der Waals surface area contributed by atoms with Crippen molar-refractivity contribution in [3.63, 3.8) is 0 Å². The first-order chi connectivity index (χ1) is 12.0. The molecule has 2 saturated heterocycles. The van der Waals surface area contributed by atoms with Crippen LogP contribution in [0.25, 0.3) is 0 Å². The molecule has 1 aromatic rings. The molecule has 25 heavy (non-hydrogen) atoms. The van der Waals surface area contributed by atoms with Crippen LogP contribution in [-0.2, 0) is 19.6 Å². The molecule has 7 nitrogen and oxygen atoms in total. The third-order valence-electron chi connectivity index (χ3n) is 4.42. The number of amides is 1. The third-order valence-corrected chi connectivity index (χ3v) is 6.33. The molecule has 138 valence electrons. The van der Waals surface area contributed by atoms with E-state index in [1.807, 2.05) is 0 Å². The van der Waals surface area contributed by atoms with Crippen molar-refractivity contribution in [1.29, 1.82) is 0 Å². The monoisotopic (exact) mass is 371 g/mol. The topological polar surface area (TPSA) is 79.0 Å². The van der Waals surface area contributed by atoms with Crippen LogP contribution in [0.15, 0.2) is 29.2 Å². The van der Waals surface area contributed by atoms with E-state index in [9.17, 15) is 17.6 Å². The zero-order chi connectivity index (χ0) is 17.9. The van der Waals surface area contributed by atoms with Crippen LogP contribution in [0.5, 0.6) is 0 Å². The summed E-state index contributed by atoms with van der Waals surface area (Å²) in [6.45, 7) is 3.06. The van der Waals surface area contributed by atoms with Crippen molar-refractivity contribution in [1.82, 2.24) is 14.5 Å². The highest BCUT2D eigenvalue weighted by atomic mass is 32.2. The highest BCUT2D eigenvalue weighted by Gasteiger charge is 2.31. The fourth-order valence-electron chi connectivity index (χ4n) is 3.04. The van der Waals surface area contributed by atoms with Gasteiger partial charge in [0.05, 0.1) is 11.5 Å². The van der Waals surface area contributed by atoms with Crippen molar-refractivity contribution in [3.8, 4) is 0 Å². The van der Waals surface area contributed by atoms with Gasteiger partial charge < -0.3 is 15.0 Å². The molecule has 1 aromatic carbocycles. The van der Waals surface area contributed by atoms with Crippen molar-refractivity contribution < 1.29 is 22.3 Å². The number of carbonyl (C=O) groups excluding carboxylic acids is 1. The minimum atomic E-state index is -3.69. The van der Waals surface area contributed by atoms with Crippen LogP contribution in [0.2, 0.25) is 0 Å².